The fraction of sp³-hybridized carbons (Fsp3) is 0.789. The van der Waals surface area contributed by atoms with Gasteiger partial charge in [-0.05, 0) is 20.3 Å². The number of aliphatic carboxylic acids is 1. The van der Waals surface area contributed by atoms with Gasteiger partial charge < -0.3 is 51.6 Å². The Hall–Kier alpha value is -2.36. The number of rotatable bonds is 12. The molecule has 0 aromatic heterocycles. The van der Waals surface area contributed by atoms with Crippen molar-refractivity contribution in [3.05, 3.63) is 0 Å². The molecule has 0 spiro atoms. The average molecular weight is 478 g/mol. The molecule has 1 aliphatic rings. The van der Waals surface area contributed by atoms with Gasteiger partial charge in [0.05, 0.1) is 18.8 Å². The third-order valence-corrected chi connectivity index (χ3v) is 5.17. The van der Waals surface area contributed by atoms with E-state index in [4.69, 9.17) is 26.0 Å². The third kappa shape index (κ3) is 8.17. The summed E-state index contributed by atoms with van der Waals surface area (Å²) in [6.45, 7) is 3.18. The topological polar surface area (TPSA) is 235 Å². The van der Waals surface area contributed by atoms with Crippen molar-refractivity contribution in [2.24, 2.45) is 11.5 Å². The molecule has 0 saturated carbocycles. The van der Waals surface area contributed by atoms with Crippen LogP contribution in [0.5, 0.6) is 0 Å². The second kappa shape index (κ2) is 12.8. The van der Waals surface area contributed by atoms with Crippen LogP contribution in [-0.2, 0) is 28.7 Å². The number of ether oxygens (including phenoxy) is 2. The molecule has 1 unspecified atom stereocenters. The summed E-state index contributed by atoms with van der Waals surface area (Å²) in [5.41, 5.74) is 11.3. The summed E-state index contributed by atoms with van der Waals surface area (Å²) in [6.07, 6.45) is -6.93. The molecule has 14 nitrogen and oxygen atoms in total. The highest BCUT2D eigenvalue weighted by molar-refractivity contribution is 5.91. The number of nitrogens with two attached hydrogens (primary N) is 2. The smallest absolute Gasteiger partial charge is 0.303 e. The minimum Gasteiger partial charge on any atom is -0.481 e. The number of nitrogens with zero attached hydrogens (tertiary/aromatic N) is 1. The highest BCUT2D eigenvalue weighted by Gasteiger charge is 2.44. The van der Waals surface area contributed by atoms with Crippen molar-refractivity contribution < 1.29 is 49.1 Å². The fourth-order valence-electron chi connectivity index (χ4n) is 3.56. The number of carbonyl (C=O) groups is 4. The molecule has 0 aliphatic carbocycles. The predicted molar refractivity (Wildman–Crippen MR) is 111 cm³/mol. The van der Waals surface area contributed by atoms with Gasteiger partial charge in [0.25, 0.3) is 0 Å². The van der Waals surface area contributed by atoms with Crippen LogP contribution in [0.15, 0.2) is 0 Å². The molecule has 33 heavy (non-hydrogen) atoms. The van der Waals surface area contributed by atoms with Crippen LogP contribution in [-0.4, -0.2) is 111 Å². The summed E-state index contributed by atoms with van der Waals surface area (Å²) < 4.78 is 10.8. The zero-order valence-corrected chi connectivity index (χ0v) is 18.8. The van der Waals surface area contributed by atoms with Gasteiger partial charge in [-0.2, -0.15) is 0 Å². The summed E-state index contributed by atoms with van der Waals surface area (Å²) in [5, 5.41) is 41.0. The summed E-state index contributed by atoms with van der Waals surface area (Å²) in [4.78, 5) is 48.5. The number of hydrogen-bond acceptors (Lipinski definition) is 10. The zero-order valence-electron chi connectivity index (χ0n) is 18.8. The molecular weight excluding hydrogens is 444 g/mol. The van der Waals surface area contributed by atoms with Crippen LogP contribution < -0.4 is 16.8 Å². The average Bonchev–Trinajstić information content (AvgIpc) is 2.71. The summed E-state index contributed by atoms with van der Waals surface area (Å²) in [7, 11) is 0. The third-order valence-electron chi connectivity index (χ3n) is 5.17. The SMILES string of the molecule is CC(=O)N[C@H](C)C(=O)N(CC(C)O[C@@H]1[C@@H](N)[C@@H](O)O[C@H](CO)[C@H]1O)[C@H](CCC(=O)O)C(N)=O. The largest absolute Gasteiger partial charge is 0.481 e. The first-order valence-corrected chi connectivity index (χ1v) is 10.4. The van der Waals surface area contributed by atoms with Crippen LogP contribution in [0.2, 0.25) is 0 Å². The number of carboxylic acid groups (broad SMARTS) is 1. The van der Waals surface area contributed by atoms with Crippen molar-refractivity contribution in [3.8, 4) is 0 Å². The predicted octanol–water partition coefficient (Wildman–Crippen LogP) is -3.77. The van der Waals surface area contributed by atoms with Gasteiger partial charge in [0.15, 0.2) is 6.29 Å². The molecule has 190 valence electrons. The highest BCUT2D eigenvalue weighted by atomic mass is 16.6. The quantitative estimate of drug-likeness (QED) is 0.144. The highest BCUT2D eigenvalue weighted by Crippen LogP contribution is 2.23. The van der Waals surface area contributed by atoms with Crippen LogP contribution in [0.25, 0.3) is 0 Å². The molecule has 3 amide bonds. The van der Waals surface area contributed by atoms with Crippen molar-refractivity contribution >= 4 is 23.7 Å². The second-order valence-corrected chi connectivity index (χ2v) is 7.99. The van der Waals surface area contributed by atoms with E-state index in [1.54, 1.807) is 0 Å². The number of aliphatic hydroxyl groups is 3. The van der Waals surface area contributed by atoms with Gasteiger partial charge in [-0.3, -0.25) is 19.2 Å². The number of hydrogen-bond donors (Lipinski definition) is 7. The molecule has 14 heteroatoms. The van der Waals surface area contributed by atoms with Gasteiger partial charge >= 0.3 is 5.97 Å². The maximum atomic E-state index is 13.0. The van der Waals surface area contributed by atoms with Gasteiger partial charge in [0.2, 0.25) is 17.7 Å². The number of amides is 3. The molecular formula is C19H34N4O10. The molecule has 1 rings (SSSR count). The van der Waals surface area contributed by atoms with Crippen molar-refractivity contribution in [1.29, 1.82) is 0 Å². The van der Waals surface area contributed by atoms with Crippen LogP contribution in [0.1, 0.15) is 33.6 Å². The van der Waals surface area contributed by atoms with Crippen LogP contribution in [0.4, 0.5) is 0 Å². The Bertz CT molecular complexity index is 708. The van der Waals surface area contributed by atoms with E-state index in [1.807, 2.05) is 0 Å². The first kappa shape index (κ1) is 28.7. The van der Waals surface area contributed by atoms with Gasteiger partial charge in [0, 0.05) is 19.9 Å². The normalized spacial score (nSPS) is 27.8. The Morgan fingerprint density at radius 3 is 2.30 bits per heavy atom. The van der Waals surface area contributed by atoms with Crippen molar-refractivity contribution in [2.75, 3.05) is 13.2 Å². The van der Waals surface area contributed by atoms with Crippen molar-refractivity contribution in [3.63, 3.8) is 0 Å². The summed E-state index contributed by atoms with van der Waals surface area (Å²) in [5.74, 6) is -3.36. The summed E-state index contributed by atoms with van der Waals surface area (Å²) in [6, 6.07) is -3.57. The standard InChI is InChI=1S/C19H34N4O10/c1-8(32-16-14(20)19(31)33-12(7-24)15(16)28)6-23(18(30)9(2)22-10(3)25)11(17(21)29)4-5-13(26)27/h8-9,11-12,14-16,19,24,28,31H,4-7,20H2,1-3H3,(H2,21,29)(H,22,25)(H,26,27)/t8?,9-,11-,12-,14-,15-,16-,19+/m1/s1. The van der Waals surface area contributed by atoms with E-state index in [2.05, 4.69) is 5.32 Å². The van der Waals surface area contributed by atoms with Crippen molar-refractivity contribution in [2.45, 2.75) is 82.4 Å². The van der Waals surface area contributed by atoms with E-state index in [-0.39, 0.29) is 13.0 Å². The molecule has 1 saturated heterocycles. The molecule has 1 heterocycles. The second-order valence-electron chi connectivity index (χ2n) is 7.99. The van der Waals surface area contributed by atoms with Gasteiger partial charge in [0.1, 0.15) is 30.4 Å². The van der Waals surface area contributed by atoms with E-state index < -0.39 is 85.5 Å². The number of aliphatic hydroxyl groups excluding tert-OH is 3. The Morgan fingerprint density at radius 2 is 1.82 bits per heavy atom. The Balaban J connectivity index is 3.11. The molecule has 0 bridgehead atoms. The first-order valence-electron chi connectivity index (χ1n) is 10.4. The molecule has 8 atom stereocenters. The lowest BCUT2D eigenvalue weighted by Crippen LogP contribution is -2.64. The zero-order chi connectivity index (χ0) is 25.5. The lowest BCUT2D eigenvalue weighted by molar-refractivity contribution is -0.263. The number of primary amides is 1. The molecule has 0 aromatic rings. The fourth-order valence-corrected chi connectivity index (χ4v) is 3.56. The number of carbonyl (C=O) groups excluding carboxylic acids is 3. The maximum Gasteiger partial charge on any atom is 0.303 e. The molecule has 0 aromatic carbocycles. The first-order chi connectivity index (χ1) is 15.3. The van der Waals surface area contributed by atoms with E-state index in [0.717, 1.165) is 4.90 Å². The van der Waals surface area contributed by atoms with E-state index in [9.17, 15) is 34.5 Å². The minimum atomic E-state index is -1.53. The van der Waals surface area contributed by atoms with Crippen LogP contribution >= 0.6 is 0 Å². The van der Waals surface area contributed by atoms with Gasteiger partial charge in [-0.25, -0.2) is 0 Å². The number of nitrogens with one attached hydrogen (secondary N) is 1. The number of carboxylic acids is 1. The molecule has 0 radical (unpaired) electrons. The molecule has 9 N–H and O–H groups in total. The minimum absolute atomic E-state index is 0.277. The van der Waals surface area contributed by atoms with Gasteiger partial charge in [-0.15, -0.1) is 0 Å². The van der Waals surface area contributed by atoms with Crippen LogP contribution in [0.3, 0.4) is 0 Å². The Morgan fingerprint density at radius 1 is 1.21 bits per heavy atom. The van der Waals surface area contributed by atoms with Crippen molar-refractivity contribution in [1.82, 2.24) is 10.2 Å². The Kier molecular flexibility index (Phi) is 11.1. The van der Waals surface area contributed by atoms with Gasteiger partial charge in [-0.1, -0.05) is 0 Å². The lowest BCUT2D eigenvalue weighted by atomic mass is 9.97. The lowest BCUT2D eigenvalue weighted by Gasteiger charge is -2.42. The summed E-state index contributed by atoms with van der Waals surface area (Å²) >= 11 is 0. The maximum absolute atomic E-state index is 13.0. The Labute approximate surface area is 190 Å². The van der Waals surface area contributed by atoms with E-state index >= 15 is 0 Å². The van der Waals surface area contributed by atoms with E-state index in [0.29, 0.717) is 0 Å². The molecule has 1 aliphatic heterocycles. The molecule has 1 fully saturated rings. The monoisotopic (exact) mass is 478 g/mol. The van der Waals surface area contributed by atoms with E-state index in [1.165, 1.54) is 20.8 Å². The van der Waals surface area contributed by atoms with Crippen LogP contribution in [0, 0.1) is 0 Å².